The lowest BCUT2D eigenvalue weighted by Gasteiger charge is -2.47. The molecule has 5 rings (SSSR count). The Hall–Kier alpha value is -3.00. The van der Waals surface area contributed by atoms with Crippen LogP contribution in [0.4, 0.5) is 11.4 Å². The second-order valence-corrected chi connectivity index (χ2v) is 11.3. The highest BCUT2D eigenvalue weighted by Crippen LogP contribution is 2.58. The molecule has 1 atom stereocenters. The standard InChI is InChI=1S/C27H24Cl3N3O4/c1-4-37-24(35)22-23(31)33(18-10-14(29)5-7-16(18)30)19-11-26(2,3)12-20(34)21(19)27(22)15-9-13(28)6-8-17(15)32-25(27)36/h5-10H,4,11-12,31H2,1-3H3,(H,32,36). The molecule has 0 radical (unpaired) electrons. The number of rotatable bonds is 3. The molecule has 2 heterocycles. The Bertz CT molecular complexity index is 1460. The summed E-state index contributed by atoms with van der Waals surface area (Å²) in [7, 11) is 0. The summed E-state index contributed by atoms with van der Waals surface area (Å²) < 4.78 is 5.42. The van der Waals surface area contributed by atoms with Crippen molar-refractivity contribution in [2.75, 3.05) is 16.8 Å². The van der Waals surface area contributed by atoms with Crippen molar-refractivity contribution in [1.82, 2.24) is 0 Å². The molecule has 10 heteroatoms. The number of benzene rings is 2. The number of esters is 1. The molecule has 0 saturated heterocycles. The Labute approximate surface area is 229 Å². The fraction of sp³-hybridized carbons (Fsp3) is 0.296. The molecule has 7 nitrogen and oxygen atoms in total. The first-order valence-corrected chi connectivity index (χ1v) is 12.9. The number of carbonyl (C=O) groups is 3. The Morgan fingerprint density at radius 3 is 2.46 bits per heavy atom. The second kappa shape index (κ2) is 8.79. The number of allylic oxidation sites excluding steroid dienone is 1. The average Bonchev–Trinajstić information content (AvgIpc) is 3.06. The normalized spacial score (nSPS) is 22.3. The van der Waals surface area contributed by atoms with E-state index < -0.39 is 22.7 Å². The molecule has 0 saturated carbocycles. The molecular weight excluding hydrogens is 537 g/mol. The molecule has 0 fully saturated rings. The van der Waals surface area contributed by atoms with Gasteiger partial charge in [0.1, 0.15) is 16.8 Å². The number of nitrogens with two attached hydrogens (primary N) is 1. The number of ether oxygens (including phenoxy) is 1. The van der Waals surface area contributed by atoms with Crippen LogP contribution in [0.15, 0.2) is 59.1 Å². The van der Waals surface area contributed by atoms with Gasteiger partial charge in [-0.1, -0.05) is 48.7 Å². The zero-order chi connectivity index (χ0) is 26.9. The van der Waals surface area contributed by atoms with Gasteiger partial charge in [0.15, 0.2) is 5.78 Å². The van der Waals surface area contributed by atoms with Crippen molar-refractivity contribution < 1.29 is 19.1 Å². The molecule has 0 aromatic heterocycles. The molecule has 0 bridgehead atoms. The molecule has 1 amide bonds. The van der Waals surface area contributed by atoms with Gasteiger partial charge < -0.3 is 15.8 Å². The van der Waals surface area contributed by atoms with Crippen LogP contribution < -0.4 is 16.0 Å². The average molecular weight is 561 g/mol. The van der Waals surface area contributed by atoms with Crippen LogP contribution in [0.5, 0.6) is 0 Å². The van der Waals surface area contributed by atoms with E-state index in [-0.39, 0.29) is 35.8 Å². The van der Waals surface area contributed by atoms with E-state index in [0.29, 0.717) is 44.1 Å². The third-order valence-corrected chi connectivity index (χ3v) is 7.76. The maximum atomic E-state index is 14.0. The van der Waals surface area contributed by atoms with E-state index in [1.807, 2.05) is 13.8 Å². The van der Waals surface area contributed by atoms with Crippen molar-refractivity contribution in [3.05, 3.63) is 79.7 Å². The topological polar surface area (TPSA) is 102 Å². The highest BCUT2D eigenvalue weighted by Gasteiger charge is 2.63. The summed E-state index contributed by atoms with van der Waals surface area (Å²) in [6, 6.07) is 9.68. The van der Waals surface area contributed by atoms with Crippen LogP contribution in [0.1, 0.15) is 39.2 Å². The van der Waals surface area contributed by atoms with E-state index in [9.17, 15) is 14.4 Å². The number of hydrogen-bond acceptors (Lipinski definition) is 6. The van der Waals surface area contributed by atoms with Crippen LogP contribution in [0.3, 0.4) is 0 Å². The molecule has 192 valence electrons. The smallest absolute Gasteiger partial charge is 0.339 e. The summed E-state index contributed by atoms with van der Waals surface area (Å²) in [5, 5.41) is 3.85. The molecule has 3 aliphatic rings. The van der Waals surface area contributed by atoms with Gasteiger partial charge in [0.05, 0.1) is 17.3 Å². The maximum absolute atomic E-state index is 14.0. The Balaban J connectivity index is 1.95. The summed E-state index contributed by atoms with van der Waals surface area (Å²) in [6.07, 6.45) is 0.530. The fourth-order valence-electron chi connectivity index (χ4n) is 5.64. The lowest BCUT2D eigenvalue weighted by molar-refractivity contribution is -0.140. The van der Waals surface area contributed by atoms with Crippen molar-refractivity contribution in [3.8, 4) is 0 Å². The number of anilines is 2. The minimum absolute atomic E-state index is 0.0283. The van der Waals surface area contributed by atoms with Crippen molar-refractivity contribution in [3.63, 3.8) is 0 Å². The monoisotopic (exact) mass is 559 g/mol. The van der Waals surface area contributed by atoms with Crippen LogP contribution in [0.25, 0.3) is 0 Å². The number of nitrogens with zero attached hydrogens (tertiary/aromatic N) is 1. The van der Waals surface area contributed by atoms with E-state index in [1.165, 1.54) is 0 Å². The molecule has 37 heavy (non-hydrogen) atoms. The van der Waals surface area contributed by atoms with E-state index in [0.717, 1.165) is 0 Å². The fourth-order valence-corrected chi connectivity index (χ4v) is 6.18. The molecule has 1 unspecified atom stereocenters. The number of halogens is 3. The predicted octanol–water partition coefficient (Wildman–Crippen LogP) is 5.73. The van der Waals surface area contributed by atoms with E-state index >= 15 is 0 Å². The predicted molar refractivity (Wildman–Crippen MR) is 144 cm³/mol. The van der Waals surface area contributed by atoms with Gasteiger partial charge in [-0.2, -0.15) is 0 Å². The summed E-state index contributed by atoms with van der Waals surface area (Å²) in [5.74, 6) is -1.76. The van der Waals surface area contributed by atoms with Gasteiger partial charge in [0, 0.05) is 39.0 Å². The number of amides is 1. The Morgan fingerprint density at radius 2 is 1.76 bits per heavy atom. The third-order valence-electron chi connectivity index (χ3n) is 6.97. The van der Waals surface area contributed by atoms with Crippen LogP contribution >= 0.6 is 34.8 Å². The number of fused-ring (bicyclic) bond motifs is 3. The van der Waals surface area contributed by atoms with E-state index in [1.54, 1.807) is 48.2 Å². The third kappa shape index (κ3) is 3.75. The zero-order valence-electron chi connectivity index (χ0n) is 20.4. The largest absolute Gasteiger partial charge is 0.462 e. The lowest BCUT2D eigenvalue weighted by Crippen LogP contribution is -2.54. The summed E-state index contributed by atoms with van der Waals surface area (Å²) in [4.78, 5) is 43.3. The van der Waals surface area contributed by atoms with Crippen LogP contribution in [-0.4, -0.2) is 24.3 Å². The quantitative estimate of drug-likeness (QED) is 0.465. The lowest BCUT2D eigenvalue weighted by atomic mass is 9.60. The van der Waals surface area contributed by atoms with Gasteiger partial charge in [0.2, 0.25) is 5.91 Å². The van der Waals surface area contributed by atoms with Crippen molar-refractivity contribution in [1.29, 1.82) is 0 Å². The molecule has 3 N–H and O–H groups in total. The van der Waals surface area contributed by atoms with Gasteiger partial charge >= 0.3 is 5.97 Å². The van der Waals surface area contributed by atoms with Crippen molar-refractivity contribution in [2.24, 2.45) is 11.1 Å². The number of ketones is 1. The number of Topliss-reactive ketones (excluding diaryl/α,β-unsaturated/α-hetero) is 1. The maximum Gasteiger partial charge on any atom is 0.339 e. The van der Waals surface area contributed by atoms with Crippen LogP contribution in [0.2, 0.25) is 15.1 Å². The van der Waals surface area contributed by atoms with Gasteiger partial charge in [-0.15, -0.1) is 0 Å². The molecule has 1 aliphatic carbocycles. The highest BCUT2D eigenvalue weighted by molar-refractivity contribution is 6.35. The van der Waals surface area contributed by atoms with Gasteiger partial charge in [-0.3, -0.25) is 14.5 Å². The van der Waals surface area contributed by atoms with Crippen molar-refractivity contribution >= 4 is 63.8 Å². The molecular formula is C27H24Cl3N3O4. The number of carbonyl (C=O) groups excluding carboxylic acids is 3. The molecule has 2 aromatic carbocycles. The SMILES string of the molecule is CCOC(=O)C1=C(N)N(c2cc(Cl)ccc2Cl)C2=C(C(=O)CC(C)(C)C2)C12C(=O)Nc1ccc(Cl)cc12. The minimum Gasteiger partial charge on any atom is -0.462 e. The Kier molecular flexibility index (Phi) is 6.09. The number of nitrogens with one attached hydrogen (secondary N) is 1. The Morgan fingerprint density at radius 1 is 1.08 bits per heavy atom. The van der Waals surface area contributed by atoms with Crippen molar-refractivity contribution in [2.45, 2.75) is 39.0 Å². The molecule has 2 aliphatic heterocycles. The summed E-state index contributed by atoms with van der Waals surface area (Å²) in [6.45, 7) is 5.59. The molecule has 1 spiro atoms. The first kappa shape index (κ1) is 25.6. The van der Waals surface area contributed by atoms with E-state index in [2.05, 4.69) is 5.32 Å². The summed E-state index contributed by atoms with van der Waals surface area (Å²) >= 11 is 19.3. The van der Waals surface area contributed by atoms with E-state index in [4.69, 9.17) is 45.3 Å². The minimum atomic E-state index is -1.85. The zero-order valence-corrected chi connectivity index (χ0v) is 22.6. The highest BCUT2D eigenvalue weighted by atomic mass is 35.5. The first-order valence-electron chi connectivity index (χ1n) is 11.7. The number of hydrogen-bond donors (Lipinski definition) is 2. The van der Waals surface area contributed by atoms with Crippen LogP contribution in [0, 0.1) is 5.41 Å². The molecule has 2 aromatic rings. The second-order valence-electron chi connectivity index (χ2n) is 10.1. The van der Waals surface area contributed by atoms with Gasteiger partial charge in [0.25, 0.3) is 0 Å². The van der Waals surface area contributed by atoms with Crippen LogP contribution in [-0.2, 0) is 24.5 Å². The van der Waals surface area contributed by atoms with Gasteiger partial charge in [-0.05, 0) is 55.2 Å². The van der Waals surface area contributed by atoms with Gasteiger partial charge in [-0.25, -0.2) is 4.79 Å². The summed E-state index contributed by atoms with van der Waals surface area (Å²) in [5.41, 5.74) is 6.13. The first-order chi connectivity index (χ1) is 17.4.